The highest BCUT2D eigenvalue weighted by Gasteiger charge is 2.42. The predicted molar refractivity (Wildman–Crippen MR) is 76.1 cm³/mol. The maximum Gasteiger partial charge on any atom is 0.228 e. The molecule has 0 bridgehead atoms. The molecule has 0 N–H and O–H groups in total. The minimum absolute atomic E-state index is 0.191. The van der Waals surface area contributed by atoms with Gasteiger partial charge in [0.05, 0.1) is 12.2 Å². The molecule has 1 aliphatic heterocycles. The summed E-state index contributed by atoms with van der Waals surface area (Å²) in [6.07, 6.45) is 3.67. The molecular weight excluding hydrogens is 242 g/mol. The molecule has 19 heavy (non-hydrogen) atoms. The summed E-state index contributed by atoms with van der Waals surface area (Å²) in [6, 6.07) is 0. The van der Waals surface area contributed by atoms with Crippen LogP contribution in [0.4, 0.5) is 0 Å². The lowest BCUT2D eigenvalue weighted by Crippen LogP contribution is -2.48. The average molecular weight is 271 g/mol. The van der Waals surface area contributed by atoms with E-state index in [2.05, 4.69) is 6.92 Å². The summed E-state index contributed by atoms with van der Waals surface area (Å²) in [7, 11) is 3.61. The average Bonchev–Trinajstić information content (AvgIpc) is 2.38. The number of carbonyl (C=O) groups excluding carboxylic acids is 1. The van der Waals surface area contributed by atoms with E-state index in [0.29, 0.717) is 13.0 Å². The second kappa shape index (κ2) is 6.71. The summed E-state index contributed by atoms with van der Waals surface area (Å²) in [4.78, 5) is 14.3. The minimum Gasteiger partial charge on any atom is -0.378 e. The van der Waals surface area contributed by atoms with Crippen LogP contribution in [0.25, 0.3) is 0 Å². The molecule has 0 spiro atoms. The second-order valence-corrected chi connectivity index (χ2v) is 6.33. The Morgan fingerprint density at radius 3 is 2.63 bits per heavy atom. The van der Waals surface area contributed by atoms with Crippen LogP contribution in [0.5, 0.6) is 0 Å². The van der Waals surface area contributed by atoms with Crippen LogP contribution in [0.2, 0.25) is 0 Å². The molecule has 0 radical (unpaired) electrons. The molecule has 4 nitrogen and oxygen atoms in total. The molecule has 4 heteroatoms. The highest BCUT2D eigenvalue weighted by Crippen LogP contribution is 2.36. The van der Waals surface area contributed by atoms with Gasteiger partial charge in [-0.1, -0.05) is 20.8 Å². The summed E-state index contributed by atoms with van der Waals surface area (Å²) in [5.41, 5.74) is -0.717. The monoisotopic (exact) mass is 271 g/mol. The van der Waals surface area contributed by atoms with Crippen molar-refractivity contribution in [2.75, 3.05) is 33.9 Å². The van der Waals surface area contributed by atoms with Crippen molar-refractivity contribution in [1.82, 2.24) is 4.90 Å². The van der Waals surface area contributed by atoms with Gasteiger partial charge in [0.25, 0.3) is 0 Å². The van der Waals surface area contributed by atoms with Crippen LogP contribution in [0.1, 0.15) is 46.5 Å². The van der Waals surface area contributed by atoms with Crippen LogP contribution in [0.15, 0.2) is 0 Å². The fraction of sp³-hybridized carbons (Fsp3) is 0.933. The number of rotatable bonds is 6. The first-order valence-electron chi connectivity index (χ1n) is 7.25. The predicted octanol–water partition coefficient (Wildman–Crippen LogP) is 2.47. The number of hydrogen-bond acceptors (Lipinski definition) is 3. The van der Waals surface area contributed by atoms with Crippen molar-refractivity contribution in [1.29, 1.82) is 0 Å². The summed E-state index contributed by atoms with van der Waals surface area (Å²) in [6.45, 7) is 8.31. The van der Waals surface area contributed by atoms with Crippen LogP contribution in [0, 0.1) is 5.41 Å². The number of hydrogen-bond donors (Lipinski definition) is 0. The summed E-state index contributed by atoms with van der Waals surface area (Å²) in [5, 5.41) is 0. The number of carbonyl (C=O) groups is 1. The zero-order valence-corrected chi connectivity index (χ0v) is 13.1. The Hall–Kier alpha value is -0.610. The molecule has 1 amide bonds. The Balaban J connectivity index is 2.73. The van der Waals surface area contributed by atoms with Crippen LogP contribution in [0.3, 0.4) is 0 Å². The van der Waals surface area contributed by atoms with E-state index in [1.807, 2.05) is 25.8 Å². The largest absolute Gasteiger partial charge is 0.378 e. The molecule has 0 aromatic heterocycles. The molecule has 1 rings (SSSR count). The van der Waals surface area contributed by atoms with E-state index < -0.39 is 5.41 Å². The van der Waals surface area contributed by atoms with Crippen LogP contribution < -0.4 is 0 Å². The molecule has 1 heterocycles. The molecule has 1 aliphatic rings. The number of amides is 1. The van der Waals surface area contributed by atoms with Crippen molar-refractivity contribution in [2.24, 2.45) is 5.41 Å². The van der Waals surface area contributed by atoms with E-state index in [4.69, 9.17) is 9.47 Å². The standard InChI is InChI=1S/C15H29NO3/c1-6-9-16(4)13(17)14(2,3)11-15(18-5)8-7-10-19-12-15/h6-12H2,1-5H3. The molecule has 112 valence electrons. The number of nitrogens with zero attached hydrogens (tertiary/aromatic N) is 1. The molecule has 0 aliphatic carbocycles. The minimum atomic E-state index is -0.416. The molecular formula is C15H29NO3. The first kappa shape index (κ1) is 16.4. The Morgan fingerprint density at radius 1 is 1.47 bits per heavy atom. The van der Waals surface area contributed by atoms with Crippen molar-refractivity contribution in [3.8, 4) is 0 Å². The van der Waals surface area contributed by atoms with Gasteiger partial charge in [-0.3, -0.25) is 4.79 Å². The third kappa shape index (κ3) is 4.18. The van der Waals surface area contributed by atoms with Gasteiger partial charge in [-0.15, -0.1) is 0 Å². The van der Waals surface area contributed by atoms with Gasteiger partial charge in [0, 0.05) is 32.7 Å². The molecule has 1 unspecified atom stereocenters. The summed E-state index contributed by atoms with van der Waals surface area (Å²) < 4.78 is 11.3. The quantitative estimate of drug-likeness (QED) is 0.745. The maximum absolute atomic E-state index is 12.5. The van der Waals surface area contributed by atoms with E-state index in [1.165, 1.54) is 0 Å². The van der Waals surface area contributed by atoms with Gasteiger partial charge in [0.15, 0.2) is 0 Å². The van der Waals surface area contributed by atoms with E-state index >= 15 is 0 Å². The van der Waals surface area contributed by atoms with E-state index in [0.717, 1.165) is 32.4 Å². The SMILES string of the molecule is CCCN(C)C(=O)C(C)(C)CC1(OC)CCCOC1. The topological polar surface area (TPSA) is 38.8 Å². The number of ether oxygens (including phenoxy) is 2. The van der Waals surface area contributed by atoms with Crippen molar-refractivity contribution < 1.29 is 14.3 Å². The first-order chi connectivity index (χ1) is 8.87. The Bertz CT molecular complexity index is 296. The van der Waals surface area contributed by atoms with Gasteiger partial charge in [-0.25, -0.2) is 0 Å². The molecule has 1 fully saturated rings. The lowest BCUT2D eigenvalue weighted by atomic mass is 9.76. The molecule has 0 aromatic carbocycles. The normalized spacial score (nSPS) is 24.3. The third-order valence-corrected chi connectivity index (χ3v) is 3.97. The van der Waals surface area contributed by atoms with Crippen LogP contribution >= 0.6 is 0 Å². The van der Waals surface area contributed by atoms with Gasteiger partial charge in [-0.2, -0.15) is 0 Å². The maximum atomic E-state index is 12.5. The lowest BCUT2D eigenvalue weighted by Gasteiger charge is -2.41. The van der Waals surface area contributed by atoms with Gasteiger partial charge < -0.3 is 14.4 Å². The van der Waals surface area contributed by atoms with Crippen molar-refractivity contribution in [3.63, 3.8) is 0 Å². The first-order valence-corrected chi connectivity index (χ1v) is 7.25. The van der Waals surface area contributed by atoms with Crippen molar-refractivity contribution in [2.45, 2.75) is 52.1 Å². The smallest absolute Gasteiger partial charge is 0.228 e. The lowest BCUT2D eigenvalue weighted by molar-refractivity contribution is -0.154. The summed E-state index contributed by atoms with van der Waals surface area (Å²) in [5.74, 6) is 0.191. The zero-order chi connectivity index (χ0) is 14.5. The summed E-state index contributed by atoms with van der Waals surface area (Å²) >= 11 is 0. The van der Waals surface area contributed by atoms with Crippen molar-refractivity contribution >= 4 is 5.91 Å². The van der Waals surface area contributed by atoms with E-state index in [9.17, 15) is 4.79 Å². The van der Waals surface area contributed by atoms with Gasteiger partial charge >= 0.3 is 0 Å². The van der Waals surface area contributed by atoms with Gasteiger partial charge in [0.2, 0.25) is 5.91 Å². The van der Waals surface area contributed by atoms with Gasteiger partial charge in [-0.05, 0) is 25.7 Å². The molecule has 0 saturated carbocycles. The van der Waals surface area contributed by atoms with Crippen LogP contribution in [-0.2, 0) is 14.3 Å². The van der Waals surface area contributed by atoms with E-state index in [1.54, 1.807) is 7.11 Å². The van der Waals surface area contributed by atoms with Crippen molar-refractivity contribution in [3.05, 3.63) is 0 Å². The second-order valence-electron chi connectivity index (χ2n) is 6.33. The van der Waals surface area contributed by atoms with E-state index in [-0.39, 0.29) is 11.5 Å². The Morgan fingerprint density at radius 2 is 2.16 bits per heavy atom. The van der Waals surface area contributed by atoms with Crippen LogP contribution in [-0.4, -0.2) is 50.3 Å². The molecule has 1 atom stereocenters. The zero-order valence-electron chi connectivity index (χ0n) is 13.1. The highest BCUT2D eigenvalue weighted by atomic mass is 16.5. The fourth-order valence-corrected chi connectivity index (χ4v) is 3.03. The highest BCUT2D eigenvalue weighted by molar-refractivity contribution is 5.81. The number of methoxy groups -OCH3 is 1. The third-order valence-electron chi connectivity index (χ3n) is 3.97. The molecule has 1 saturated heterocycles. The van der Waals surface area contributed by atoms with Gasteiger partial charge in [0.1, 0.15) is 0 Å². The molecule has 0 aromatic rings. The Labute approximate surface area is 117 Å². The fourth-order valence-electron chi connectivity index (χ4n) is 3.03. The Kier molecular flexibility index (Phi) is 5.81.